The molecule has 0 aliphatic rings. The maximum absolute atomic E-state index is 5.39. The highest BCUT2D eigenvalue weighted by Crippen LogP contribution is 2.11. The lowest BCUT2D eigenvalue weighted by Gasteiger charge is -2.07. The maximum atomic E-state index is 5.39. The first-order valence-corrected chi connectivity index (χ1v) is 6.30. The number of fused-ring (bicyclic) bond motifs is 1. The van der Waals surface area contributed by atoms with E-state index in [0.29, 0.717) is 19.8 Å². The average molecular weight is 265 g/mol. The van der Waals surface area contributed by atoms with Crippen LogP contribution in [0.15, 0.2) is 12.4 Å². The van der Waals surface area contributed by atoms with Crippen molar-refractivity contribution in [1.29, 1.82) is 0 Å². The fourth-order valence-corrected chi connectivity index (χ4v) is 1.69. The van der Waals surface area contributed by atoms with Crippen LogP contribution in [-0.2, 0) is 9.47 Å². The van der Waals surface area contributed by atoms with E-state index >= 15 is 0 Å². The smallest absolute Gasteiger partial charge is 0.203 e. The molecule has 2 aromatic heterocycles. The summed E-state index contributed by atoms with van der Waals surface area (Å²) in [4.78, 5) is 4.27. The number of hydrogen-bond acceptors (Lipinski definition) is 6. The zero-order valence-corrected chi connectivity index (χ0v) is 11.3. The third kappa shape index (κ3) is 3.62. The highest BCUT2D eigenvalue weighted by molar-refractivity contribution is 5.61. The largest absolute Gasteiger partial charge is 0.382 e. The lowest BCUT2D eigenvalue weighted by molar-refractivity contribution is 0.0705. The summed E-state index contributed by atoms with van der Waals surface area (Å²) in [5, 5.41) is 11.4. The number of aryl methyl sites for hydroxylation is 1. The summed E-state index contributed by atoms with van der Waals surface area (Å²) in [6.45, 7) is 4.66. The van der Waals surface area contributed by atoms with Crippen molar-refractivity contribution < 1.29 is 9.47 Å². The Morgan fingerprint density at radius 1 is 1.26 bits per heavy atom. The SMILES string of the molecule is COCCOCCCNc1nccn2c(C)nnc12. The quantitative estimate of drug-likeness (QED) is 0.715. The van der Waals surface area contributed by atoms with Crippen LogP contribution in [0.25, 0.3) is 5.65 Å². The van der Waals surface area contributed by atoms with Crippen LogP contribution < -0.4 is 5.32 Å². The molecule has 7 heteroatoms. The van der Waals surface area contributed by atoms with Crippen molar-refractivity contribution in [3.05, 3.63) is 18.2 Å². The second-order valence-electron chi connectivity index (χ2n) is 4.10. The van der Waals surface area contributed by atoms with Gasteiger partial charge in [0.1, 0.15) is 5.82 Å². The fraction of sp³-hybridized carbons (Fsp3) is 0.583. The van der Waals surface area contributed by atoms with Crippen molar-refractivity contribution in [3.63, 3.8) is 0 Å². The highest BCUT2D eigenvalue weighted by Gasteiger charge is 2.06. The summed E-state index contributed by atoms with van der Waals surface area (Å²) in [5.41, 5.74) is 0.750. The summed E-state index contributed by atoms with van der Waals surface area (Å²) in [6.07, 6.45) is 4.49. The lowest BCUT2D eigenvalue weighted by atomic mass is 10.4. The minimum atomic E-state index is 0.632. The predicted octanol–water partition coefficient (Wildman–Crippen LogP) is 0.898. The molecule has 0 fully saturated rings. The first kappa shape index (κ1) is 13.7. The third-order valence-electron chi connectivity index (χ3n) is 2.69. The van der Waals surface area contributed by atoms with E-state index in [-0.39, 0.29) is 0 Å². The topological polar surface area (TPSA) is 73.6 Å². The van der Waals surface area contributed by atoms with Crippen molar-refractivity contribution in [3.8, 4) is 0 Å². The van der Waals surface area contributed by atoms with Gasteiger partial charge >= 0.3 is 0 Å². The highest BCUT2D eigenvalue weighted by atomic mass is 16.5. The molecule has 0 bridgehead atoms. The number of methoxy groups -OCH3 is 1. The summed E-state index contributed by atoms with van der Waals surface area (Å²) in [7, 11) is 1.66. The molecule has 2 aromatic rings. The molecule has 104 valence electrons. The van der Waals surface area contributed by atoms with Gasteiger partial charge in [0.05, 0.1) is 13.2 Å². The van der Waals surface area contributed by atoms with Gasteiger partial charge in [0.15, 0.2) is 5.82 Å². The Labute approximate surface area is 112 Å². The van der Waals surface area contributed by atoms with Crippen molar-refractivity contribution in [1.82, 2.24) is 19.6 Å². The molecule has 0 saturated carbocycles. The van der Waals surface area contributed by atoms with Crippen molar-refractivity contribution in [2.24, 2.45) is 0 Å². The van der Waals surface area contributed by atoms with Crippen LogP contribution in [0.4, 0.5) is 5.82 Å². The van der Waals surface area contributed by atoms with E-state index in [1.807, 2.05) is 17.5 Å². The van der Waals surface area contributed by atoms with Crippen LogP contribution in [-0.4, -0.2) is 53.1 Å². The Kier molecular flexibility index (Phi) is 5.05. The molecule has 0 aliphatic carbocycles. The molecule has 0 aromatic carbocycles. The second-order valence-corrected chi connectivity index (χ2v) is 4.10. The van der Waals surface area contributed by atoms with Crippen molar-refractivity contribution in [2.45, 2.75) is 13.3 Å². The first-order valence-electron chi connectivity index (χ1n) is 6.30. The van der Waals surface area contributed by atoms with Gasteiger partial charge in [0.2, 0.25) is 5.65 Å². The molecule has 7 nitrogen and oxygen atoms in total. The number of ether oxygens (including phenoxy) is 2. The Morgan fingerprint density at radius 3 is 3.00 bits per heavy atom. The van der Waals surface area contributed by atoms with E-state index in [1.54, 1.807) is 13.3 Å². The van der Waals surface area contributed by atoms with Crippen molar-refractivity contribution >= 4 is 11.5 Å². The summed E-state index contributed by atoms with van der Waals surface area (Å²) in [5.74, 6) is 1.60. The Morgan fingerprint density at radius 2 is 2.16 bits per heavy atom. The number of nitrogens with one attached hydrogen (secondary N) is 1. The zero-order chi connectivity index (χ0) is 13.5. The van der Waals surface area contributed by atoms with E-state index < -0.39 is 0 Å². The van der Waals surface area contributed by atoms with Crippen LogP contribution >= 0.6 is 0 Å². The third-order valence-corrected chi connectivity index (χ3v) is 2.69. The number of rotatable bonds is 8. The molecule has 0 spiro atoms. The van der Waals surface area contributed by atoms with Gasteiger partial charge in [0.25, 0.3) is 0 Å². The minimum Gasteiger partial charge on any atom is -0.382 e. The number of anilines is 1. The van der Waals surface area contributed by atoms with E-state index in [0.717, 1.165) is 30.3 Å². The van der Waals surface area contributed by atoms with E-state index in [9.17, 15) is 0 Å². The van der Waals surface area contributed by atoms with Crippen LogP contribution in [0.5, 0.6) is 0 Å². The average Bonchev–Trinajstić information content (AvgIpc) is 2.81. The lowest BCUT2D eigenvalue weighted by Crippen LogP contribution is -2.10. The standard InChI is InChI=1S/C12H19N5O2/c1-10-15-16-12-11(14-5-6-17(10)12)13-4-3-7-19-9-8-18-2/h5-6H,3-4,7-9H2,1-2H3,(H,13,14). The minimum absolute atomic E-state index is 0.632. The number of nitrogens with zero attached hydrogens (tertiary/aromatic N) is 4. The number of hydrogen-bond donors (Lipinski definition) is 1. The van der Waals surface area contributed by atoms with Gasteiger partial charge in [-0.3, -0.25) is 4.40 Å². The molecular weight excluding hydrogens is 246 g/mol. The summed E-state index contributed by atoms with van der Waals surface area (Å²) < 4.78 is 12.2. The van der Waals surface area contributed by atoms with Crippen LogP contribution in [0.1, 0.15) is 12.2 Å². The molecule has 2 rings (SSSR count). The normalized spacial score (nSPS) is 11.1. The maximum Gasteiger partial charge on any atom is 0.203 e. The van der Waals surface area contributed by atoms with Crippen molar-refractivity contribution in [2.75, 3.05) is 38.8 Å². The van der Waals surface area contributed by atoms with Gasteiger partial charge in [-0.05, 0) is 13.3 Å². The Hall–Kier alpha value is -1.73. The van der Waals surface area contributed by atoms with Gasteiger partial charge in [-0.1, -0.05) is 0 Å². The monoisotopic (exact) mass is 265 g/mol. The first-order chi connectivity index (χ1) is 9.33. The summed E-state index contributed by atoms with van der Waals surface area (Å²) in [6, 6.07) is 0. The van der Waals surface area contributed by atoms with E-state index in [4.69, 9.17) is 9.47 Å². The molecule has 2 heterocycles. The van der Waals surface area contributed by atoms with Gasteiger partial charge in [0, 0.05) is 32.7 Å². The van der Waals surface area contributed by atoms with Crippen LogP contribution in [0.2, 0.25) is 0 Å². The summed E-state index contributed by atoms with van der Waals surface area (Å²) >= 11 is 0. The molecule has 0 amide bonds. The van der Waals surface area contributed by atoms with Crippen LogP contribution in [0, 0.1) is 6.92 Å². The molecular formula is C12H19N5O2. The molecule has 19 heavy (non-hydrogen) atoms. The van der Waals surface area contributed by atoms with E-state index in [1.165, 1.54) is 0 Å². The molecule has 0 radical (unpaired) electrons. The van der Waals surface area contributed by atoms with Gasteiger partial charge < -0.3 is 14.8 Å². The molecule has 0 aliphatic heterocycles. The van der Waals surface area contributed by atoms with Gasteiger partial charge in [-0.25, -0.2) is 4.98 Å². The van der Waals surface area contributed by atoms with Crippen LogP contribution in [0.3, 0.4) is 0 Å². The van der Waals surface area contributed by atoms with E-state index in [2.05, 4.69) is 20.5 Å². The number of aromatic nitrogens is 4. The Balaban J connectivity index is 1.79. The predicted molar refractivity (Wildman–Crippen MR) is 71.3 cm³/mol. The van der Waals surface area contributed by atoms with Gasteiger partial charge in [-0.15, -0.1) is 10.2 Å². The Bertz CT molecular complexity index is 514. The fourth-order valence-electron chi connectivity index (χ4n) is 1.69. The molecule has 0 atom stereocenters. The molecule has 1 N–H and O–H groups in total. The van der Waals surface area contributed by atoms with Gasteiger partial charge in [-0.2, -0.15) is 0 Å². The molecule has 0 unspecified atom stereocenters. The second kappa shape index (κ2) is 7.01. The molecule has 0 saturated heterocycles. The zero-order valence-electron chi connectivity index (χ0n) is 11.3.